The highest BCUT2D eigenvalue weighted by Gasteiger charge is 2.50. The first kappa shape index (κ1) is 19.6. The van der Waals surface area contributed by atoms with Gasteiger partial charge in [0.15, 0.2) is 0 Å². The van der Waals surface area contributed by atoms with Gasteiger partial charge < -0.3 is 14.7 Å². The first-order valence-electron chi connectivity index (χ1n) is 10.8. The summed E-state index contributed by atoms with van der Waals surface area (Å²) < 4.78 is 6.11. The minimum Gasteiger partial charge on any atom is -0.389 e. The van der Waals surface area contributed by atoms with Gasteiger partial charge >= 0.3 is 0 Å². The molecule has 0 aromatic carbocycles. The van der Waals surface area contributed by atoms with Crippen molar-refractivity contribution in [3.63, 3.8) is 0 Å². The maximum Gasteiger partial charge on any atom is 0.0900 e. The zero-order chi connectivity index (χ0) is 18.0. The number of hydrogen-bond donors (Lipinski definition) is 1. The molecule has 4 aliphatic rings. The van der Waals surface area contributed by atoms with Crippen LogP contribution < -0.4 is 0 Å². The van der Waals surface area contributed by atoms with Crippen LogP contribution in [0.4, 0.5) is 0 Å². The second kappa shape index (κ2) is 8.27. The molecule has 4 fully saturated rings. The smallest absolute Gasteiger partial charge is 0.0900 e. The Balaban J connectivity index is 1.42. The molecule has 0 heterocycles. The third-order valence-electron chi connectivity index (χ3n) is 6.60. The molecule has 0 aromatic heterocycles. The maximum absolute atomic E-state index is 10.5. The summed E-state index contributed by atoms with van der Waals surface area (Å²) in [5.41, 5.74) is 0.462. The van der Waals surface area contributed by atoms with Crippen LogP contribution in [0.5, 0.6) is 0 Å². The topological polar surface area (TPSA) is 32.7 Å². The molecule has 0 spiro atoms. The van der Waals surface area contributed by atoms with E-state index in [1.54, 1.807) is 0 Å². The number of ether oxygens (including phenoxy) is 1. The normalized spacial score (nSPS) is 35.3. The van der Waals surface area contributed by atoms with Gasteiger partial charge in [0.1, 0.15) is 0 Å². The predicted molar refractivity (Wildman–Crippen MR) is 104 cm³/mol. The van der Waals surface area contributed by atoms with Crippen molar-refractivity contribution in [3.05, 3.63) is 0 Å². The van der Waals surface area contributed by atoms with Crippen molar-refractivity contribution < 1.29 is 9.84 Å². The molecule has 4 aliphatic carbocycles. The van der Waals surface area contributed by atoms with Crippen LogP contribution in [0.15, 0.2) is 0 Å². The summed E-state index contributed by atoms with van der Waals surface area (Å²) in [7, 11) is 0. The summed E-state index contributed by atoms with van der Waals surface area (Å²) in [6.07, 6.45) is 8.28. The molecule has 3 heteroatoms. The molecule has 0 saturated heterocycles. The molecule has 4 saturated carbocycles. The van der Waals surface area contributed by atoms with Crippen LogP contribution in [0.1, 0.15) is 66.2 Å². The van der Waals surface area contributed by atoms with E-state index >= 15 is 0 Å². The molecule has 1 atom stereocenters. The average molecular weight is 352 g/mol. The Morgan fingerprint density at radius 3 is 1.80 bits per heavy atom. The lowest BCUT2D eigenvalue weighted by atomic mass is 9.50. The monoisotopic (exact) mass is 351 g/mol. The van der Waals surface area contributed by atoms with Gasteiger partial charge in [0.2, 0.25) is 0 Å². The molecule has 0 radical (unpaired) electrons. The molecular formula is C22H41NO2. The number of hydrogen-bond acceptors (Lipinski definition) is 3. The molecule has 0 aliphatic heterocycles. The summed E-state index contributed by atoms with van der Waals surface area (Å²) in [5.74, 6) is 4.21. The molecule has 4 bridgehead atoms. The first-order chi connectivity index (χ1) is 11.8. The Labute approximate surface area is 155 Å². The Kier molecular flexibility index (Phi) is 6.50. The van der Waals surface area contributed by atoms with E-state index in [0.717, 1.165) is 44.0 Å². The van der Waals surface area contributed by atoms with Crippen LogP contribution in [0.2, 0.25) is 0 Å². The number of aliphatic hydroxyl groups is 1. The van der Waals surface area contributed by atoms with E-state index < -0.39 is 0 Å². The summed E-state index contributed by atoms with van der Waals surface area (Å²) in [4.78, 5) is 2.41. The Hall–Kier alpha value is -0.120. The van der Waals surface area contributed by atoms with Gasteiger partial charge in [-0.05, 0) is 73.5 Å². The lowest BCUT2D eigenvalue weighted by molar-refractivity contribution is -0.107. The van der Waals surface area contributed by atoms with Gasteiger partial charge in [0, 0.05) is 19.6 Å². The van der Waals surface area contributed by atoms with E-state index in [1.165, 1.54) is 38.5 Å². The first-order valence-corrected chi connectivity index (χ1v) is 10.8. The molecule has 25 heavy (non-hydrogen) atoms. The highest BCUT2D eigenvalue weighted by molar-refractivity contribution is 5.01. The van der Waals surface area contributed by atoms with Crippen LogP contribution in [0.3, 0.4) is 0 Å². The van der Waals surface area contributed by atoms with Crippen LogP contribution in [-0.4, -0.2) is 49.0 Å². The van der Waals surface area contributed by atoms with Crippen molar-refractivity contribution >= 4 is 0 Å². The van der Waals surface area contributed by atoms with Gasteiger partial charge in [0.25, 0.3) is 0 Å². The average Bonchev–Trinajstić information content (AvgIpc) is 2.43. The van der Waals surface area contributed by atoms with Crippen molar-refractivity contribution in [1.29, 1.82) is 0 Å². The van der Waals surface area contributed by atoms with Gasteiger partial charge in [0.05, 0.1) is 19.3 Å². The Morgan fingerprint density at radius 1 is 0.880 bits per heavy atom. The Bertz CT molecular complexity index is 375. The van der Waals surface area contributed by atoms with E-state index in [0.29, 0.717) is 23.9 Å². The standard InChI is InChI=1S/C22H41NO2/c1-16(2)11-23(12-17(3)4)13-21(24)14-25-15-22-8-18-5-19(9-22)7-20(6-18)10-22/h16-21,24H,5-15H2,1-4H3. The third kappa shape index (κ3) is 5.43. The minimum absolute atomic E-state index is 0.355. The van der Waals surface area contributed by atoms with E-state index in [9.17, 15) is 5.11 Å². The largest absolute Gasteiger partial charge is 0.389 e. The van der Waals surface area contributed by atoms with E-state index in [4.69, 9.17) is 4.74 Å². The van der Waals surface area contributed by atoms with Gasteiger partial charge in [-0.15, -0.1) is 0 Å². The van der Waals surface area contributed by atoms with Crippen LogP contribution in [0, 0.1) is 35.0 Å². The highest BCUT2D eigenvalue weighted by Crippen LogP contribution is 2.60. The molecule has 4 rings (SSSR count). The zero-order valence-electron chi connectivity index (χ0n) is 17.0. The summed E-state index contributed by atoms with van der Waals surface area (Å²) in [6, 6.07) is 0. The number of rotatable bonds is 10. The molecule has 146 valence electrons. The second-order valence-electron chi connectivity index (χ2n) is 10.6. The van der Waals surface area contributed by atoms with E-state index in [1.807, 2.05) is 0 Å². The summed E-state index contributed by atoms with van der Waals surface area (Å²) in [6.45, 7) is 13.3. The maximum atomic E-state index is 10.5. The third-order valence-corrected chi connectivity index (χ3v) is 6.60. The van der Waals surface area contributed by atoms with Crippen molar-refractivity contribution in [3.8, 4) is 0 Å². The fourth-order valence-corrected chi connectivity index (χ4v) is 6.49. The van der Waals surface area contributed by atoms with Gasteiger partial charge in [-0.2, -0.15) is 0 Å². The zero-order valence-corrected chi connectivity index (χ0v) is 17.0. The summed E-state index contributed by atoms with van der Waals surface area (Å²) in [5, 5.41) is 10.5. The van der Waals surface area contributed by atoms with Crippen LogP contribution in [-0.2, 0) is 4.74 Å². The van der Waals surface area contributed by atoms with Gasteiger partial charge in [-0.1, -0.05) is 27.7 Å². The number of aliphatic hydroxyl groups excluding tert-OH is 1. The molecular weight excluding hydrogens is 310 g/mol. The lowest BCUT2D eigenvalue weighted by Crippen LogP contribution is -2.48. The molecule has 3 nitrogen and oxygen atoms in total. The minimum atomic E-state index is -0.355. The van der Waals surface area contributed by atoms with Gasteiger partial charge in [-0.25, -0.2) is 0 Å². The van der Waals surface area contributed by atoms with E-state index in [-0.39, 0.29) is 6.10 Å². The van der Waals surface area contributed by atoms with Crippen molar-refractivity contribution in [2.24, 2.45) is 35.0 Å². The fourth-order valence-electron chi connectivity index (χ4n) is 6.49. The molecule has 1 N–H and O–H groups in total. The van der Waals surface area contributed by atoms with E-state index in [2.05, 4.69) is 32.6 Å². The molecule has 0 amide bonds. The SMILES string of the molecule is CC(C)CN(CC(C)C)CC(O)COCC12CC3CC(CC(C3)C1)C2. The fraction of sp³-hybridized carbons (Fsp3) is 1.00. The molecule has 0 aromatic rings. The van der Waals surface area contributed by atoms with Crippen molar-refractivity contribution in [1.82, 2.24) is 4.90 Å². The quantitative estimate of drug-likeness (QED) is 0.640. The van der Waals surface area contributed by atoms with Crippen LogP contribution >= 0.6 is 0 Å². The predicted octanol–water partition coefficient (Wildman–Crippen LogP) is 4.19. The van der Waals surface area contributed by atoms with Crippen LogP contribution in [0.25, 0.3) is 0 Å². The summed E-state index contributed by atoms with van der Waals surface area (Å²) >= 11 is 0. The van der Waals surface area contributed by atoms with Crippen molar-refractivity contribution in [2.45, 2.75) is 72.3 Å². The molecule has 1 unspecified atom stereocenters. The second-order valence-corrected chi connectivity index (χ2v) is 10.6. The lowest BCUT2D eigenvalue weighted by Gasteiger charge is -2.56. The highest BCUT2D eigenvalue weighted by atomic mass is 16.5. The van der Waals surface area contributed by atoms with Gasteiger partial charge in [-0.3, -0.25) is 0 Å². The Morgan fingerprint density at radius 2 is 1.36 bits per heavy atom. The van der Waals surface area contributed by atoms with Crippen molar-refractivity contribution in [2.75, 3.05) is 32.8 Å². The number of nitrogens with zero attached hydrogens (tertiary/aromatic N) is 1.